The van der Waals surface area contributed by atoms with Gasteiger partial charge in [0.05, 0.1) is 0 Å². The molecule has 0 aliphatic carbocycles. The third-order valence-electron chi connectivity index (χ3n) is 2.53. The third kappa shape index (κ3) is 3.37. The third-order valence-corrected chi connectivity index (χ3v) is 2.99. The number of hydrogen-bond acceptors (Lipinski definition) is 2. The minimum absolute atomic E-state index is 0.125. The molecular formula is C13H13BrN2O2. The SMILES string of the molecule is O=C(NCCc1ccc(O)cc1)c1cc(Br)c[nH]1. The fourth-order valence-corrected chi connectivity index (χ4v) is 1.92. The number of phenolic OH excluding ortho intramolecular Hbond substituents is 1. The van der Waals surface area contributed by atoms with Gasteiger partial charge in [-0.25, -0.2) is 0 Å². The summed E-state index contributed by atoms with van der Waals surface area (Å²) in [5, 5.41) is 12.0. The first kappa shape index (κ1) is 12.7. The van der Waals surface area contributed by atoms with Crippen LogP contribution in [0.2, 0.25) is 0 Å². The maximum absolute atomic E-state index is 11.7. The first-order valence-electron chi connectivity index (χ1n) is 5.55. The predicted molar refractivity (Wildman–Crippen MR) is 72.6 cm³/mol. The standard InChI is InChI=1S/C13H13BrN2O2/c14-10-7-12(16-8-10)13(18)15-6-5-9-1-3-11(17)4-2-9/h1-4,7-8,16-17H,5-6H2,(H,15,18). The Balaban J connectivity index is 1.82. The lowest BCUT2D eigenvalue weighted by Gasteiger charge is -2.04. The van der Waals surface area contributed by atoms with Crippen LogP contribution in [-0.4, -0.2) is 22.5 Å². The Bertz CT molecular complexity index is 534. The summed E-state index contributed by atoms with van der Waals surface area (Å²) in [6.07, 6.45) is 2.45. The molecule has 1 aromatic heterocycles. The Morgan fingerprint density at radius 2 is 2.06 bits per heavy atom. The van der Waals surface area contributed by atoms with E-state index < -0.39 is 0 Å². The van der Waals surface area contributed by atoms with Crippen molar-refractivity contribution in [1.29, 1.82) is 0 Å². The van der Waals surface area contributed by atoms with E-state index in [0.717, 1.165) is 16.5 Å². The van der Waals surface area contributed by atoms with Crippen LogP contribution in [0, 0.1) is 0 Å². The highest BCUT2D eigenvalue weighted by Gasteiger charge is 2.06. The summed E-state index contributed by atoms with van der Waals surface area (Å²) in [5.74, 6) is 0.124. The topological polar surface area (TPSA) is 65.1 Å². The summed E-state index contributed by atoms with van der Waals surface area (Å²) in [5.41, 5.74) is 1.60. The number of halogens is 1. The van der Waals surface area contributed by atoms with Crippen LogP contribution in [0.5, 0.6) is 5.75 Å². The minimum Gasteiger partial charge on any atom is -0.508 e. The molecule has 94 valence electrons. The van der Waals surface area contributed by atoms with Crippen molar-refractivity contribution in [3.8, 4) is 5.75 Å². The number of hydrogen-bond donors (Lipinski definition) is 3. The quantitative estimate of drug-likeness (QED) is 0.812. The van der Waals surface area contributed by atoms with Gasteiger partial charge in [-0.3, -0.25) is 4.79 Å². The zero-order valence-corrected chi connectivity index (χ0v) is 11.2. The molecule has 0 radical (unpaired) electrons. The van der Waals surface area contributed by atoms with Crippen molar-refractivity contribution in [2.24, 2.45) is 0 Å². The molecule has 0 bridgehead atoms. The highest BCUT2D eigenvalue weighted by molar-refractivity contribution is 9.10. The van der Waals surface area contributed by atoms with Gasteiger partial charge in [0.15, 0.2) is 0 Å². The van der Waals surface area contributed by atoms with Crippen molar-refractivity contribution in [3.05, 3.63) is 52.3 Å². The van der Waals surface area contributed by atoms with Gasteiger partial charge in [-0.2, -0.15) is 0 Å². The Morgan fingerprint density at radius 3 is 2.67 bits per heavy atom. The van der Waals surface area contributed by atoms with Gasteiger partial charge in [-0.05, 0) is 46.1 Å². The second kappa shape index (κ2) is 5.73. The molecule has 18 heavy (non-hydrogen) atoms. The number of aromatic hydroxyl groups is 1. The number of rotatable bonds is 4. The van der Waals surface area contributed by atoms with Gasteiger partial charge in [0, 0.05) is 17.2 Å². The van der Waals surface area contributed by atoms with E-state index in [9.17, 15) is 4.79 Å². The number of carbonyl (C=O) groups excluding carboxylic acids is 1. The van der Waals surface area contributed by atoms with Crippen LogP contribution in [-0.2, 0) is 6.42 Å². The van der Waals surface area contributed by atoms with Crippen molar-refractivity contribution < 1.29 is 9.90 Å². The largest absolute Gasteiger partial charge is 0.508 e. The fourth-order valence-electron chi connectivity index (χ4n) is 1.58. The second-order valence-corrected chi connectivity index (χ2v) is 4.82. The number of H-pyrrole nitrogens is 1. The molecule has 0 atom stereocenters. The van der Waals surface area contributed by atoms with Crippen LogP contribution in [0.25, 0.3) is 0 Å². The molecule has 1 aromatic carbocycles. The molecule has 3 N–H and O–H groups in total. The molecule has 1 heterocycles. The maximum atomic E-state index is 11.7. The van der Waals surface area contributed by atoms with Crippen LogP contribution in [0.1, 0.15) is 16.1 Å². The number of aromatic amines is 1. The highest BCUT2D eigenvalue weighted by Crippen LogP contribution is 2.11. The lowest BCUT2D eigenvalue weighted by atomic mass is 10.1. The molecule has 0 saturated carbocycles. The predicted octanol–water partition coefficient (Wildman–Crippen LogP) is 2.46. The molecule has 5 heteroatoms. The Hall–Kier alpha value is -1.75. The number of phenols is 1. The fraction of sp³-hybridized carbons (Fsp3) is 0.154. The molecule has 0 aliphatic rings. The van der Waals surface area contributed by atoms with Crippen LogP contribution < -0.4 is 5.32 Å². The molecule has 0 aliphatic heterocycles. The van der Waals surface area contributed by atoms with Gasteiger partial charge in [-0.1, -0.05) is 12.1 Å². The summed E-state index contributed by atoms with van der Waals surface area (Å²) in [4.78, 5) is 14.6. The Labute approximate surface area is 113 Å². The number of carbonyl (C=O) groups is 1. The summed E-state index contributed by atoms with van der Waals surface area (Å²) in [6.45, 7) is 0.556. The number of nitrogens with one attached hydrogen (secondary N) is 2. The lowest BCUT2D eigenvalue weighted by molar-refractivity contribution is 0.0950. The molecule has 2 rings (SSSR count). The van der Waals surface area contributed by atoms with Gasteiger partial charge >= 0.3 is 0 Å². The molecular weight excluding hydrogens is 296 g/mol. The van der Waals surface area contributed by atoms with E-state index in [-0.39, 0.29) is 11.7 Å². The normalized spacial score (nSPS) is 10.3. The second-order valence-electron chi connectivity index (χ2n) is 3.90. The zero-order valence-electron chi connectivity index (χ0n) is 9.61. The molecule has 4 nitrogen and oxygen atoms in total. The molecule has 1 amide bonds. The van der Waals surface area contributed by atoms with E-state index >= 15 is 0 Å². The van der Waals surface area contributed by atoms with Gasteiger partial charge in [0.2, 0.25) is 0 Å². The number of aromatic nitrogens is 1. The summed E-state index contributed by atoms with van der Waals surface area (Å²) in [6, 6.07) is 8.69. The van der Waals surface area contributed by atoms with E-state index in [1.165, 1.54) is 0 Å². The smallest absolute Gasteiger partial charge is 0.267 e. The molecule has 2 aromatic rings. The average molecular weight is 309 g/mol. The first-order valence-corrected chi connectivity index (χ1v) is 6.34. The van der Waals surface area contributed by atoms with Crippen molar-refractivity contribution in [3.63, 3.8) is 0 Å². The van der Waals surface area contributed by atoms with Crippen molar-refractivity contribution in [1.82, 2.24) is 10.3 Å². The van der Waals surface area contributed by atoms with E-state index in [4.69, 9.17) is 5.11 Å². The van der Waals surface area contributed by atoms with Gasteiger partial charge < -0.3 is 15.4 Å². The number of benzene rings is 1. The molecule has 0 fully saturated rings. The van der Waals surface area contributed by atoms with Crippen LogP contribution in [0.4, 0.5) is 0 Å². The summed E-state index contributed by atoms with van der Waals surface area (Å²) in [7, 11) is 0. The average Bonchev–Trinajstić information content (AvgIpc) is 2.78. The van der Waals surface area contributed by atoms with Crippen LogP contribution >= 0.6 is 15.9 Å². The minimum atomic E-state index is -0.125. The molecule has 0 spiro atoms. The lowest BCUT2D eigenvalue weighted by Crippen LogP contribution is -2.25. The van der Waals surface area contributed by atoms with Crippen molar-refractivity contribution in [2.45, 2.75) is 6.42 Å². The van der Waals surface area contributed by atoms with Gasteiger partial charge in [-0.15, -0.1) is 0 Å². The maximum Gasteiger partial charge on any atom is 0.267 e. The zero-order chi connectivity index (χ0) is 13.0. The van der Waals surface area contributed by atoms with Crippen molar-refractivity contribution >= 4 is 21.8 Å². The van der Waals surface area contributed by atoms with E-state index in [2.05, 4.69) is 26.2 Å². The van der Waals surface area contributed by atoms with E-state index in [1.807, 2.05) is 12.1 Å². The summed E-state index contributed by atoms with van der Waals surface area (Å²) < 4.78 is 0.853. The van der Waals surface area contributed by atoms with Crippen LogP contribution in [0.3, 0.4) is 0 Å². The number of amides is 1. The van der Waals surface area contributed by atoms with Gasteiger partial charge in [0.1, 0.15) is 11.4 Å². The highest BCUT2D eigenvalue weighted by atomic mass is 79.9. The van der Waals surface area contributed by atoms with Crippen molar-refractivity contribution in [2.75, 3.05) is 6.54 Å². The van der Waals surface area contributed by atoms with E-state index in [1.54, 1.807) is 24.4 Å². The van der Waals surface area contributed by atoms with Crippen LogP contribution in [0.15, 0.2) is 41.0 Å². The monoisotopic (exact) mass is 308 g/mol. The first-order chi connectivity index (χ1) is 8.65. The Kier molecular flexibility index (Phi) is 4.04. The van der Waals surface area contributed by atoms with Gasteiger partial charge in [0.25, 0.3) is 5.91 Å². The Morgan fingerprint density at radius 1 is 1.33 bits per heavy atom. The van der Waals surface area contributed by atoms with E-state index in [0.29, 0.717) is 12.2 Å². The molecule has 0 unspecified atom stereocenters. The molecule has 0 saturated heterocycles. The summed E-state index contributed by atoms with van der Waals surface area (Å²) >= 11 is 3.28.